The summed E-state index contributed by atoms with van der Waals surface area (Å²) in [6.07, 6.45) is 4.29. The number of halogens is 2. The van der Waals surface area contributed by atoms with Gasteiger partial charge in [0.15, 0.2) is 0 Å². The van der Waals surface area contributed by atoms with Gasteiger partial charge >= 0.3 is 0 Å². The first-order chi connectivity index (χ1) is 12.2. The zero-order valence-corrected chi connectivity index (χ0v) is 15.2. The highest BCUT2D eigenvalue weighted by Crippen LogP contribution is 2.35. The number of nitrogens with zero attached hydrogens (tertiary/aromatic N) is 2. The molecule has 1 aromatic carbocycles. The summed E-state index contributed by atoms with van der Waals surface area (Å²) >= 11 is 0. The zero-order chi connectivity index (χ0) is 18.9. The molecule has 0 saturated carbocycles. The van der Waals surface area contributed by atoms with Gasteiger partial charge in [-0.3, -0.25) is 9.78 Å². The number of nitrogens with one attached hydrogen (secondary N) is 1. The molecular weight excluding hydrogens is 336 g/mol. The van der Waals surface area contributed by atoms with Crippen LogP contribution in [0.25, 0.3) is 0 Å². The van der Waals surface area contributed by atoms with Crippen molar-refractivity contribution in [2.24, 2.45) is 11.3 Å². The fourth-order valence-corrected chi connectivity index (χ4v) is 3.26. The number of carbonyl (C=O) groups excluding carboxylic acids is 1. The lowest BCUT2D eigenvalue weighted by atomic mass is 9.80. The highest BCUT2D eigenvalue weighted by molar-refractivity contribution is 6.04. The molecule has 6 heteroatoms. The minimum atomic E-state index is -0.738. The molecule has 0 unspecified atom stereocenters. The van der Waals surface area contributed by atoms with Crippen LogP contribution < -0.4 is 10.2 Å². The van der Waals surface area contributed by atoms with Crippen molar-refractivity contribution in [1.82, 2.24) is 4.98 Å². The summed E-state index contributed by atoms with van der Waals surface area (Å²) in [6.45, 7) is 8.55. The Morgan fingerprint density at radius 3 is 2.46 bits per heavy atom. The molecule has 0 aliphatic carbocycles. The predicted octanol–water partition coefficient (Wildman–Crippen LogP) is 4.48. The molecule has 1 atom stereocenters. The molecule has 138 valence electrons. The molecule has 0 bridgehead atoms. The zero-order valence-electron chi connectivity index (χ0n) is 15.2. The van der Waals surface area contributed by atoms with E-state index in [0.29, 0.717) is 11.5 Å². The molecule has 1 saturated heterocycles. The molecule has 1 aromatic heterocycles. The van der Waals surface area contributed by atoms with E-state index in [1.165, 1.54) is 6.20 Å². The lowest BCUT2D eigenvalue weighted by molar-refractivity contribution is 0.102. The molecular formula is C20H23F2N3O. The smallest absolute Gasteiger partial charge is 0.257 e. The Bertz CT molecular complexity index is 797. The lowest BCUT2D eigenvalue weighted by Crippen LogP contribution is -2.26. The normalized spacial score (nSPS) is 17.4. The fraction of sp³-hybridized carbons (Fsp3) is 0.400. The highest BCUT2D eigenvalue weighted by Gasteiger charge is 2.32. The Hall–Kier alpha value is -2.50. The number of carbonyl (C=O) groups is 1. The van der Waals surface area contributed by atoms with Crippen LogP contribution in [0.2, 0.25) is 0 Å². The summed E-state index contributed by atoms with van der Waals surface area (Å²) in [5.74, 6) is -1.35. The van der Waals surface area contributed by atoms with Crippen LogP contribution in [0.4, 0.5) is 20.2 Å². The quantitative estimate of drug-likeness (QED) is 0.879. The van der Waals surface area contributed by atoms with Crippen LogP contribution in [0.1, 0.15) is 37.6 Å². The van der Waals surface area contributed by atoms with Crippen molar-refractivity contribution < 1.29 is 13.6 Å². The van der Waals surface area contributed by atoms with E-state index in [4.69, 9.17) is 0 Å². The summed E-state index contributed by atoms with van der Waals surface area (Å²) in [5.41, 5.74) is 1.55. The minimum absolute atomic E-state index is 0.0758. The van der Waals surface area contributed by atoms with Gasteiger partial charge in [-0.05, 0) is 36.0 Å². The molecule has 1 fully saturated rings. The number of hydrogen-bond donors (Lipinski definition) is 1. The largest absolute Gasteiger partial charge is 0.370 e. The summed E-state index contributed by atoms with van der Waals surface area (Å²) in [6, 6.07) is 4.68. The van der Waals surface area contributed by atoms with Gasteiger partial charge in [0.2, 0.25) is 0 Å². The fourth-order valence-electron chi connectivity index (χ4n) is 3.26. The average molecular weight is 359 g/mol. The summed E-state index contributed by atoms with van der Waals surface area (Å²) in [7, 11) is 0. The van der Waals surface area contributed by atoms with Crippen molar-refractivity contribution in [1.29, 1.82) is 0 Å². The van der Waals surface area contributed by atoms with E-state index in [0.717, 1.165) is 43.4 Å². The molecule has 26 heavy (non-hydrogen) atoms. The van der Waals surface area contributed by atoms with E-state index in [-0.39, 0.29) is 11.1 Å². The summed E-state index contributed by atoms with van der Waals surface area (Å²) < 4.78 is 26.5. The first kappa shape index (κ1) is 18.3. The maximum atomic E-state index is 13.3. The molecule has 1 aliphatic heterocycles. The van der Waals surface area contributed by atoms with E-state index in [9.17, 15) is 13.6 Å². The number of amides is 1. The van der Waals surface area contributed by atoms with Crippen molar-refractivity contribution in [3.63, 3.8) is 0 Å². The van der Waals surface area contributed by atoms with Crippen LogP contribution in [-0.4, -0.2) is 24.0 Å². The van der Waals surface area contributed by atoms with Crippen LogP contribution in [0.5, 0.6) is 0 Å². The Labute approximate surface area is 152 Å². The number of pyridine rings is 1. The maximum Gasteiger partial charge on any atom is 0.257 e. The number of hydrogen-bond acceptors (Lipinski definition) is 3. The molecule has 1 N–H and O–H groups in total. The second-order valence-corrected chi connectivity index (χ2v) is 7.84. The molecule has 1 aliphatic rings. The van der Waals surface area contributed by atoms with Crippen LogP contribution in [0, 0.1) is 23.0 Å². The van der Waals surface area contributed by atoms with E-state index in [1.54, 1.807) is 12.3 Å². The van der Waals surface area contributed by atoms with Gasteiger partial charge in [0, 0.05) is 31.0 Å². The number of anilines is 2. The van der Waals surface area contributed by atoms with Gasteiger partial charge < -0.3 is 10.2 Å². The van der Waals surface area contributed by atoms with Crippen LogP contribution in [0.3, 0.4) is 0 Å². The second-order valence-electron chi connectivity index (χ2n) is 7.84. The molecule has 0 spiro atoms. The van der Waals surface area contributed by atoms with Gasteiger partial charge in [0.1, 0.15) is 11.6 Å². The van der Waals surface area contributed by atoms with E-state index < -0.39 is 17.5 Å². The maximum absolute atomic E-state index is 13.3. The molecule has 0 radical (unpaired) electrons. The Balaban J connectivity index is 1.74. The minimum Gasteiger partial charge on any atom is -0.370 e. The molecule has 2 heterocycles. The average Bonchev–Trinajstić information content (AvgIpc) is 3.04. The van der Waals surface area contributed by atoms with Crippen molar-refractivity contribution >= 4 is 17.3 Å². The Kier molecular flexibility index (Phi) is 4.94. The van der Waals surface area contributed by atoms with Crippen LogP contribution >= 0.6 is 0 Å². The van der Waals surface area contributed by atoms with E-state index in [1.807, 2.05) is 0 Å². The van der Waals surface area contributed by atoms with Crippen molar-refractivity contribution in [3.8, 4) is 0 Å². The molecule has 1 amide bonds. The lowest BCUT2D eigenvalue weighted by Gasteiger charge is -2.27. The third-order valence-electron chi connectivity index (χ3n) is 4.88. The second kappa shape index (κ2) is 7.02. The third kappa shape index (κ3) is 4.18. The first-order valence-electron chi connectivity index (χ1n) is 8.70. The standard InChI is InChI=1S/C20H23F2N3O/c1-20(2,3)14-4-5-25(12-14)18-6-13(10-23-11-18)19(26)24-17-8-15(21)7-16(22)9-17/h6-11,14H,4-5,12H2,1-3H3,(H,24,26)/t14-/m1/s1. The summed E-state index contributed by atoms with van der Waals surface area (Å²) in [4.78, 5) is 18.8. The van der Waals surface area contributed by atoms with Gasteiger partial charge in [-0.1, -0.05) is 20.8 Å². The number of rotatable bonds is 3. The predicted molar refractivity (Wildman–Crippen MR) is 98.3 cm³/mol. The molecule has 2 aromatic rings. The highest BCUT2D eigenvalue weighted by atomic mass is 19.1. The van der Waals surface area contributed by atoms with Gasteiger partial charge in [0.05, 0.1) is 17.4 Å². The Morgan fingerprint density at radius 2 is 1.85 bits per heavy atom. The third-order valence-corrected chi connectivity index (χ3v) is 4.88. The number of benzene rings is 1. The molecule has 3 rings (SSSR count). The van der Waals surface area contributed by atoms with Crippen LogP contribution in [-0.2, 0) is 0 Å². The van der Waals surface area contributed by atoms with Crippen molar-refractivity contribution in [2.75, 3.05) is 23.3 Å². The van der Waals surface area contributed by atoms with Gasteiger partial charge in [-0.15, -0.1) is 0 Å². The van der Waals surface area contributed by atoms with E-state index in [2.05, 4.69) is 36.0 Å². The monoisotopic (exact) mass is 359 g/mol. The summed E-state index contributed by atoms with van der Waals surface area (Å²) in [5, 5.41) is 2.51. The van der Waals surface area contributed by atoms with E-state index >= 15 is 0 Å². The SMILES string of the molecule is CC(C)(C)[C@@H]1CCN(c2cncc(C(=O)Nc3cc(F)cc(F)c3)c2)C1. The van der Waals surface area contributed by atoms with Crippen molar-refractivity contribution in [2.45, 2.75) is 27.2 Å². The van der Waals surface area contributed by atoms with Gasteiger partial charge in [-0.25, -0.2) is 8.78 Å². The van der Waals surface area contributed by atoms with Gasteiger partial charge in [0.25, 0.3) is 5.91 Å². The Morgan fingerprint density at radius 1 is 1.15 bits per heavy atom. The first-order valence-corrected chi connectivity index (χ1v) is 8.70. The van der Waals surface area contributed by atoms with Crippen molar-refractivity contribution in [3.05, 3.63) is 53.9 Å². The van der Waals surface area contributed by atoms with Crippen LogP contribution in [0.15, 0.2) is 36.7 Å². The number of aromatic nitrogens is 1. The topological polar surface area (TPSA) is 45.2 Å². The van der Waals surface area contributed by atoms with Gasteiger partial charge in [-0.2, -0.15) is 0 Å². The molecule has 4 nitrogen and oxygen atoms in total.